The van der Waals surface area contributed by atoms with Crippen LogP contribution in [0.3, 0.4) is 0 Å². The van der Waals surface area contributed by atoms with Crippen molar-refractivity contribution >= 4 is 12.2 Å². The maximum atomic E-state index is 5.69. The lowest BCUT2D eigenvalue weighted by Gasteiger charge is -2.04. The van der Waals surface area contributed by atoms with Crippen LogP contribution in [0.15, 0.2) is 60.7 Å². The third-order valence-electron chi connectivity index (χ3n) is 4.38. The lowest BCUT2D eigenvalue weighted by molar-refractivity contribution is 0.309. The van der Waals surface area contributed by atoms with Gasteiger partial charge < -0.3 is 4.74 Å². The van der Waals surface area contributed by atoms with Crippen molar-refractivity contribution in [1.29, 1.82) is 0 Å². The summed E-state index contributed by atoms with van der Waals surface area (Å²) in [6.45, 7) is 5.22. The quantitative estimate of drug-likeness (QED) is 0.305. The van der Waals surface area contributed by atoms with Crippen LogP contribution in [0.4, 0.5) is 0 Å². The molecule has 0 amide bonds. The highest BCUT2D eigenvalue weighted by atomic mass is 16.5. The van der Waals surface area contributed by atoms with E-state index in [9.17, 15) is 0 Å². The summed E-state index contributed by atoms with van der Waals surface area (Å²) in [5.74, 6) is 0.949. The van der Waals surface area contributed by atoms with Crippen LogP contribution in [-0.2, 0) is 6.42 Å². The van der Waals surface area contributed by atoms with Crippen LogP contribution in [0, 0.1) is 0 Å². The van der Waals surface area contributed by atoms with Gasteiger partial charge in [0.05, 0.1) is 6.61 Å². The van der Waals surface area contributed by atoms with Gasteiger partial charge in [-0.25, -0.2) is 0 Å². The van der Waals surface area contributed by atoms with E-state index in [1.807, 2.05) is 12.1 Å². The molecule has 0 saturated carbocycles. The van der Waals surface area contributed by atoms with Crippen LogP contribution in [-0.4, -0.2) is 6.61 Å². The van der Waals surface area contributed by atoms with E-state index in [0.29, 0.717) is 0 Å². The molecule has 0 bridgehead atoms. The standard InChI is InChI=1S/C25H32O/c1-3-5-7-10-22-13-15-23(16-14-22)11-8-9-12-24-17-19-25(20-18-24)26-21-6-4-2/h8-9,11-20H,3-7,10,21H2,1-2H3. The summed E-state index contributed by atoms with van der Waals surface area (Å²) in [6, 6.07) is 17.2. The largest absolute Gasteiger partial charge is 0.494 e. The van der Waals surface area contributed by atoms with E-state index in [0.717, 1.165) is 25.2 Å². The van der Waals surface area contributed by atoms with Gasteiger partial charge in [0.15, 0.2) is 0 Å². The van der Waals surface area contributed by atoms with Crippen LogP contribution < -0.4 is 4.74 Å². The van der Waals surface area contributed by atoms with Gasteiger partial charge in [0, 0.05) is 0 Å². The predicted molar refractivity (Wildman–Crippen MR) is 115 cm³/mol. The first-order chi connectivity index (χ1) is 12.8. The molecule has 0 saturated heterocycles. The molecule has 2 rings (SSSR count). The zero-order valence-corrected chi connectivity index (χ0v) is 16.3. The van der Waals surface area contributed by atoms with Crippen molar-refractivity contribution in [3.8, 4) is 5.75 Å². The molecule has 26 heavy (non-hydrogen) atoms. The van der Waals surface area contributed by atoms with Crippen molar-refractivity contribution in [2.24, 2.45) is 0 Å². The van der Waals surface area contributed by atoms with E-state index in [1.54, 1.807) is 0 Å². The second-order valence-electron chi connectivity index (χ2n) is 6.69. The van der Waals surface area contributed by atoms with E-state index >= 15 is 0 Å². The number of allylic oxidation sites excluding steroid dienone is 2. The fourth-order valence-corrected chi connectivity index (χ4v) is 2.72. The monoisotopic (exact) mass is 348 g/mol. The van der Waals surface area contributed by atoms with Crippen LogP contribution in [0.25, 0.3) is 12.2 Å². The van der Waals surface area contributed by atoms with E-state index in [-0.39, 0.29) is 0 Å². The molecule has 2 aromatic rings. The van der Waals surface area contributed by atoms with Gasteiger partial charge in [-0.15, -0.1) is 0 Å². The van der Waals surface area contributed by atoms with Crippen LogP contribution in [0.5, 0.6) is 5.75 Å². The third-order valence-corrected chi connectivity index (χ3v) is 4.38. The Morgan fingerprint density at radius 1 is 0.692 bits per heavy atom. The van der Waals surface area contributed by atoms with E-state index < -0.39 is 0 Å². The molecule has 0 fully saturated rings. The van der Waals surface area contributed by atoms with E-state index in [4.69, 9.17) is 4.74 Å². The highest BCUT2D eigenvalue weighted by molar-refractivity contribution is 5.57. The number of benzene rings is 2. The van der Waals surface area contributed by atoms with Gasteiger partial charge in [0.1, 0.15) is 5.75 Å². The Hall–Kier alpha value is -2.28. The van der Waals surface area contributed by atoms with Crippen LogP contribution in [0.1, 0.15) is 62.6 Å². The second kappa shape index (κ2) is 12.1. The van der Waals surface area contributed by atoms with Gasteiger partial charge in [0.2, 0.25) is 0 Å². The molecule has 0 atom stereocenters. The molecule has 0 aliphatic heterocycles. The molecule has 0 aliphatic rings. The first-order valence-corrected chi connectivity index (χ1v) is 9.98. The number of aryl methyl sites for hydroxylation is 1. The van der Waals surface area contributed by atoms with Crippen molar-refractivity contribution < 1.29 is 4.74 Å². The summed E-state index contributed by atoms with van der Waals surface area (Å²) in [5.41, 5.74) is 3.87. The summed E-state index contributed by atoms with van der Waals surface area (Å²) in [5, 5.41) is 0. The number of ether oxygens (including phenoxy) is 1. The molecule has 138 valence electrons. The molecule has 0 heterocycles. The maximum Gasteiger partial charge on any atom is 0.119 e. The van der Waals surface area contributed by atoms with Gasteiger partial charge >= 0.3 is 0 Å². The number of hydrogen-bond donors (Lipinski definition) is 0. The normalized spacial score (nSPS) is 11.5. The molecular formula is C25H32O. The van der Waals surface area contributed by atoms with Crippen molar-refractivity contribution in [2.45, 2.75) is 52.4 Å². The van der Waals surface area contributed by atoms with Gasteiger partial charge in [-0.05, 0) is 48.1 Å². The summed E-state index contributed by atoms with van der Waals surface area (Å²) < 4.78 is 5.69. The van der Waals surface area contributed by atoms with Gasteiger partial charge in [-0.1, -0.05) is 93.8 Å². The second-order valence-corrected chi connectivity index (χ2v) is 6.69. The van der Waals surface area contributed by atoms with E-state index in [2.05, 4.69) is 74.5 Å². The molecule has 0 spiro atoms. The first kappa shape index (κ1) is 20.0. The average Bonchev–Trinajstić information content (AvgIpc) is 2.68. The molecule has 1 heteroatoms. The van der Waals surface area contributed by atoms with E-state index in [1.165, 1.54) is 42.4 Å². The smallest absolute Gasteiger partial charge is 0.119 e. The maximum absolute atomic E-state index is 5.69. The number of rotatable bonds is 11. The number of unbranched alkanes of at least 4 members (excludes halogenated alkanes) is 3. The Labute approximate surface area is 159 Å². The Bertz CT molecular complexity index is 601. The molecule has 0 aromatic heterocycles. The highest BCUT2D eigenvalue weighted by Gasteiger charge is 1.94. The van der Waals surface area contributed by atoms with Crippen LogP contribution >= 0.6 is 0 Å². The molecule has 1 nitrogen and oxygen atoms in total. The lowest BCUT2D eigenvalue weighted by Crippen LogP contribution is -1.95. The zero-order chi connectivity index (χ0) is 18.5. The Kier molecular flexibility index (Phi) is 9.35. The zero-order valence-electron chi connectivity index (χ0n) is 16.3. The summed E-state index contributed by atoms with van der Waals surface area (Å²) in [6.07, 6.45) is 15.8. The minimum absolute atomic E-state index is 0.797. The highest BCUT2D eigenvalue weighted by Crippen LogP contribution is 2.14. The Morgan fingerprint density at radius 2 is 1.27 bits per heavy atom. The molecule has 0 aliphatic carbocycles. The molecule has 0 N–H and O–H groups in total. The Balaban J connectivity index is 1.79. The Morgan fingerprint density at radius 3 is 1.85 bits per heavy atom. The summed E-state index contributed by atoms with van der Waals surface area (Å²) >= 11 is 0. The average molecular weight is 349 g/mol. The first-order valence-electron chi connectivity index (χ1n) is 9.98. The predicted octanol–water partition coefficient (Wildman–Crippen LogP) is 7.32. The van der Waals surface area contributed by atoms with Crippen molar-refractivity contribution in [1.82, 2.24) is 0 Å². The molecule has 0 unspecified atom stereocenters. The SMILES string of the molecule is CCCCCc1ccc(C=CC=Cc2ccc(OCCCC)cc2)cc1. The molecule has 2 aromatic carbocycles. The summed E-state index contributed by atoms with van der Waals surface area (Å²) in [7, 11) is 0. The van der Waals surface area contributed by atoms with Crippen molar-refractivity contribution in [3.05, 3.63) is 77.4 Å². The summed E-state index contributed by atoms with van der Waals surface area (Å²) in [4.78, 5) is 0. The van der Waals surface area contributed by atoms with Crippen LogP contribution in [0.2, 0.25) is 0 Å². The van der Waals surface area contributed by atoms with Gasteiger partial charge in [0.25, 0.3) is 0 Å². The molecule has 0 radical (unpaired) electrons. The fraction of sp³-hybridized carbons (Fsp3) is 0.360. The third kappa shape index (κ3) is 7.74. The van der Waals surface area contributed by atoms with Gasteiger partial charge in [-0.3, -0.25) is 0 Å². The number of hydrogen-bond acceptors (Lipinski definition) is 1. The van der Waals surface area contributed by atoms with Crippen molar-refractivity contribution in [3.63, 3.8) is 0 Å². The topological polar surface area (TPSA) is 9.23 Å². The minimum Gasteiger partial charge on any atom is -0.494 e. The fourth-order valence-electron chi connectivity index (χ4n) is 2.72. The van der Waals surface area contributed by atoms with Crippen molar-refractivity contribution in [2.75, 3.05) is 6.61 Å². The lowest BCUT2D eigenvalue weighted by atomic mass is 10.1. The minimum atomic E-state index is 0.797. The molecular weight excluding hydrogens is 316 g/mol. The van der Waals surface area contributed by atoms with Gasteiger partial charge in [-0.2, -0.15) is 0 Å².